The zero-order valence-corrected chi connectivity index (χ0v) is 21.5. The molecule has 186 valence electrons. The largest absolute Gasteiger partial charge is 0.458 e. The number of nitrogens with zero attached hydrogens (tertiary/aromatic N) is 1. The van der Waals surface area contributed by atoms with Crippen LogP contribution in [-0.4, -0.2) is 11.3 Å². The quantitative estimate of drug-likeness (QED) is 0.230. The van der Waals surface area contributed by atoms with E-state index in [1.807, 2.05) is 12.1 Å². The minimum absolute atomic E-state index is 0.0806. The van der Waals surface area contributed by atoms with E-state index in [2.05, 4.69) is 126 Å². The van der Waals surface area contributed by atoms with E-state index >= 15 is 0 Å². The van der Waals surface area contributed by atoms with Crippen molar-refractivity contribution in [1.82, 2.24) is 4.57 Å². The molecule has 2 aliphatic rings. The third kappa shape index (κ3) is 3.02. The lowest BCUT2D eigenvalue weighted by molar-refractivity contribution is 0.465. The lowest BCUT2D eigenvalue weighted by Gasteiger charge is -2.33. The van der Waals surface area contributed by atoms with Gasteiger partial charge in [-0.05, 0) is 70.6 Å². The number of aromatic nitrogens is 1. The molecule has 0 saturated heterocycles. The zero-order valence-electron chi connectivity index (χ0n) is 21.5. The summed E-state index contributed by atoms with van der Waals surface area (Å²) < 4.78 is 15.4. The number of benzene rings is 6. The maximum atomic E-state index is 6.54. The number of rotatable bonds is 2. The molecule has 0 bridgehead atoms. The van der Waals surface area contributed by atoms with E-state index in [9.17, 15) is 0 Å². The van der Waals surface area contributed by atoms with Gasteiger partial charge in [-0.15, -0.1) is 0 Å². The molecule has 0 N–H and O–H groups in total. The van der Waals surface area contributed by atoms with Crippen LogP contribution in [0.25, 0.3) is 38.6 Å². The van der Waals surface area contributed by atoms with Crippen molar-refractivity contribution in [3.63, 3.8) is 0 Å². The monoisotopic (exact) mass is 511 g/mol. The first-order valence-electron chi connectivity index (χ1n) is 13.6. The van der Waals surface area contributed by atoms with Gasteiger partial charge in [0.1, 0.15) is 23.0 Å². The maximum Gasteiger partial charge on any atom is 0.260 e. The Hall–Kier alpha value is -5.22. The smallest absolute Gasteiger partial charge is 0.260 e. The van der Waals surface area contributed by atoms with Crippen LogP contribution in [0.15, 0.2) is 133 Å². The van der Waals surface area contributed by atoms with Gasteiger partial charge in [0.15, 0.2) is 0 Å². The van der Waals surface area contributed by atoms with Gasteiger partial charge in [-0.2, -0.15) is 0 Å². The van der Waals surface area contributed by atoms with E-state index in [0.29, 0.717) is 0 Å². The highest BCUT2D eigenvalue weighted by molar-refractivity contribution is 6.98. The third-order valence-electron chi connectivity index (χ3n) is 8.31. The second-order valence-electron chi connectivity index (χ2n) is 10.5. The van der Waals surface area contributed by atoms with E-state index in [4.69, 9.17) is 9.47 Å². The van der Waals surface area contributed by atoms with E-state index < -0.39 is 0 Å². The fraction of sp³-hybridized carbons (Fsp3) is 0. The predicted octanol–water partition coefficient (Wildman–Crippen LogP) is 7.18. The molecule has 3 heterocycles. The zero-order chi connectivity index (χ0) is 26.2. The molecule has 4 heteroatoms. The molecule has 9 rings (SSSR count). The average Bonchev–Trinajstić information content (AvgIpc) is 3.35. The van der Waals surface area contributed by atoms with Gasteiger partial charge in [0.2, 0.25) is 0 Å². The van der Waals surface area contributed by atoms with Crippen LogP contribution in [0.5, 0.6) is 23.0 Å². The standard InChI is InChI=1S/C36H22BNO2/c1-2-10-25(11-3-1)38-30-15-7-4-12-26(30)27-19-18-23(20-31(27)38)24-21-34-36-35(22-24)40-33-17-9-6-14-29(33)37(36)28-13-5-8-16-32(28)39-34/h1-22H. The normalized spacial score (nSPS) is 12.8. The SMILES string of the molecule is c1ccc(-n2c3ccccc3c3ccc(-c4cc5c6c(c4)Oc4ccccc4B6c4ccccc4O5)cc32)cc1. The molecule has 0 spiro atoms. The van der Waals surface area contributed by atoms with E-state index in [0.717, 1.165) is 45.3 Å². The summed E-state index contributed by atoms with van der Waals surface area (Å²) in [5, 5.41) is 2.48. The first kappa shape index (κ1) is 21.7. The molecule has 0 saturated carbocycles. The molecule has 2 aliphatic heterocycles. The van der Waals surface area contributed by atoms with E-state index in [1.54, 1.807) is 0 Å². The van der Waals surface area contributed by atoms with Crippen molar-refractivity contribution < 1.29 is 9.47 Å². The maximum absolute atomic E-state index is 6.54. The van der Waals surface area contributed by atoms with Gasteiger partial charge in [-0.1, -0.05) is 84.9 Å². The summed E-state index contributed by atoms with van der Waals surface area (Å²) in [5.74, 6) is 3.52. The molecule has 0 atom stereocenters. The highest BCUT2D eigenvalue weighted by Crippen LogP contribution is 2.40. The van der Waals surface area contributed by atoms with Crippen molar-refractivity contribution in [2.45, 2.75) is 0 Å². The number of hydrogen-bond donors (Lipinski definition) is 0. The van der Waals surface area contributed by atoms with Crippen LogP contribution in [0.2, 0.25) is 0 Å². The first-order chi connectivity index (χ1) is 19.8. The summed E-state index contributed by atoms with van der Waals surface area (Å²) in [6.07, 6.45) is 0. The summed E-state index contributed by atoms with van der Waals surface area (Å²) in [4.78, 5) is 0. The summed E-state index contributed by atoms with van der Waals surface area (Å²) in [6.45, 7) is 0.0806. The molecule has 7 aromatic rings. The van der Waals surface area contributed by atoms with Gasteiger partial charge < -0.3 is 14.0 Å². The van der Waals surface area contributed by atoms with Gasteiger partial charge >= 0.3 is 0 Å². The van der Waals surface area contributed by atoms with Gasteiger partial charge in [0.05, 0.1) is 11.0 Å². The van der Waals surface area contributed by atoms with Crippen molar-refractivity contribution in [2.24, 2.45) is 0 Å². The van der Waals surface area contributed by atoms with E-state index in [1.165, 1.54) is 32.7 Å². The van der Waals surface area contributed by atoms with Gasteiger partial charge in [-0.25, -0.2) is 0 Å². The Morgan fingerprint density at radius 1 is 0.450 bits per heavy atom. The fourth-order valence-corrected chi connectivity index (χ4v) is 6.57. The van der Waals surface area contributed by atoms with Crippen molar-refractivity contribution in [3.05, 3.63) is 133 Å². The topological polar surface area (TPSA) is 23.4 Å². The molecule has 0 aliphatic carbocycles. The van der Waals surface area contributed by atoms with Crippen molar-refractivity contribution >= 4 is 44.9 Å². The van der Waals surface area contributed by atoms with E-state index in [-0.39, 0.29) is 6.71 Å². The summed E-state index contributed by atoms with van der Waals surface area (Å²) >= 11 is 0. The molecule has 0 fully saturated rings. The summed E-state index contributed by atoms with van der Waals surface area (Å²) in [5.41, 5.74) is 9.15. The molecular formula is C36H22BNO2. The second-order valence-corrected chi connectivity index (χ2v) is 10.5. The Morgan fingerprint density at radius 3 is 1.77 bits per heavy atom. The van der Waals surface area contributed by atoms with Gasteiger partial charge in [0, 0.05) is 21.9 Å². The van der Waals surface area contributed by atoms with Gasteiger partial charge in [-0.3, -0.25) is 0 Å². The van der Waals surface area contributed by atoms with Crippen molar-refractivity contribution in [1.29, 1.82) is 0 Å². The van der Waals surface area contributed by atoms with Crippen LogP contribution < -0.4 is 25.9 Å². The van der Waals surface area contributed by atoms with Crippen LogP contribution in [0.4, 0.5) is 0 Å². The Kier molecular flexibility index (Phi) is 4.41. The summed E-state index contributed by atoms with van der Waals surface area (Å²) in [7, 11) is 0. The van der Waals surface area contributed by atoms with Crippen LogP contribution >= 0.6 is 0 Å². The highest BCUT2D eigenvalue weighted by atomic mass is 16.5. The van der Waals surface area contributed by atoms with Crippen LogP contribution in [0.3, 0.4) is 0 Å². The van der Waals surface area contributed by atoms with Crippen molar-refractivity contribution in [2.75, 3.05) is 0 Å². The minimum Gasteiger partial charge on any atom is -0.458 e. The van der Waals surface area contributed by atoms with Gasteiger partial charge in [0.25, 0.3) is 6.71 Å². The highest BCUT2D eigenvalue weighted by Gasteiger charge is 2.40. The Morgan fingerprint density at radius 2 is 1.05 bits per heavy atom. The second kappa shape index (κ2) is 8.14. The molecule has 6 aromatic carbocycles. The average molecular weight is 511 g/mol. The molecule has 40 heavy (non-hydrogen) atoms. The minimum atomic E-state index is 0.0806. The molecule has 3 nitrogen and oxygen atoms in total. The van der Waals surface area contributed by atoms with Crippen LogP contribution in [0, 0.1) is 0 Å². The fourth-order valence-electron chi connectivity index (χ4n) is 6.57. The number of ether oxygens (including phenoxy) is 2. The summed E-state index contributed by atoms with van der Waals surface area (Å²) in [6, 6.07) is 47.0. The molecule has 0 unspecified atom stereocenters. The number of fused-ring (bicyclic) bond motifs is 7. The van der Waals surface area contributed by atoms with Crippen LogP contribution in [0.1, 0.15) is 0 Å². The lowest BCUT2D eigenvalue weighted by atomic mass is 9.35. The lowest BCUT2D eigenvalue weighted by Crippen LogP contribution is -2.57. The molecule has 0 radical (unpaired) electrons. The predicted molar refractivity (Wildman–Crippen MR) is 164 cm³/mol. The number of para-hydroxylation sites is 4. The molecular weight excluding hydrogens is 489 g/mol. The number of hydrogen-bond acceptors (Lipinski definition) is 2. The Labute approximate surface area is 231 Å². The Balaban J connectivity index is 1.28. The first-order valence-corrected chi connectivity index (χ1v) is 13.6. The molecule has 0 amide bonds. The van der Waals surface area contributed by atoms with Crippen LogP contribution in [-0.2, 0) is 0 Å². The van der Waals surface area contributed by atoms with Crippen molar-refractivity contribution in [3.8, 4) is 39.8 Å². The third-order valence-corrected chi connectivity index (χ3v) is 8.31. The Bertz CT molecular complexity index is 2060. The molecule has 1 aromatic heterocycles.